The van der Waals surface area contributed by atoms with Crippen molar-refractivity contribution in [2.24, 2.45) is 0 Å². The van der Waals surface area contributed by atoms with Crippen molar-refractivity contribution >= 4 is 23.3 Å². The topological polar surface area (TPSA) is 42.1 Å². The Morgan fingerprint density at radius 3 is 2.96 bits per heavy atom. The van der Waals surface area contributed by atoms with E-state index in [0.717, 1.165) is 12.0 Å². The van der Waals surface area contributed by atoms with Crippen molar-refractivity contribution in [2.75, 3.05) is 6.61 Å². The minimum atomic E-state index is -0.250. The lowest BCUT2D eigenvalue weighted by Gasteiger charge is -2.32. The Bertz CT molecular complexity index is 698. The quantitative estimate of drug-likeness (QED) is 0.640. The molecular formula is C18H17NO3S. The van der Waals surface area contributed by atoms with Crippen LogP contribution in [0.1, 0.15) is 11.1 Å². The summed E-state index contributed by atoms with van der Waals surface area (Å²) in [6.07, 6.45) is 3.76. The Morgan fingerprint density at radius 2 is 2.17 bits per heavy atom. The molecule has 5 heteroatoms. The lowest BCUT2D eigenvalue weighted by molar-refractivity contribution is -0.135. The monoisotopic (exact) mass is 327 g/mol. The molecule has 23 heavy (non-hydrogen) atoms. The molecule has 4 rings (SSSR count). The molecular weight excluding hydrogens is 310 g/mol. The van der Waals surface area contributed by atoms with Crippen LogP contribution in [0.2, 0.25) is 0 Å². The van der Waals surface area contributed by atoms with Crippen LogP contribution in [0.15, 0.2) is 53.2 Å². The van der Waals surface area contributed by atoms with E-state index in [-0.39, 0.29) is 24.5 Å². The average Bonchev–Trinajstić information content (AvgIpc) is 3.17. The predicted octanol–water partition coefficient (Wildman–Crippen LogP) is 2.91. The van der Waals surface area contributed by atoms with Crippen LogP contribution < -0.4 is 0 Å². The van der Waals surface area contributed by atoms with Gasteiger partial charge in [0.1, 0.15) is 0 Å². The maximum atomic E-state index is 12.6. The largest absolute Gasteiger partial charge is 0.346 e. The highest BCUT2D eigenvalue weighted by Gasteiger charge is 2.53. The molecule has 4 nitrogen and oxygen atoms in total. The van der Waals surface area contributed by atoms with Crippen molar-refractivity contribution in [3.05, 3.63) is 64.4 Å². The second-order valence-electron chi connectivity index (χ2n) is 5.71. The predicted molar refractivity (Wildman–Crippen MR) is 88.7 cm³/mol. The molecule has 0 N–H and O–H groups in total. The molecule has 2 fully saturated rings. The lowest BCUT2D eigenvalue weighted by atomic mass is 10.0. The number of thiophene rings is 1. The van der Waals surface area contributed by atoms with Crippen LogP contribution in [-0.2, 0) is 20.7 Å². The molecule has 2 aliphatic rings. The van der Waals surface area contributed by atoms with Crippen LogP contribution >= 0.6 is 11.3 Å². The van der Waals surface area contributed by atoms with Gasteiger partial charge in [0.05, 0.1) is 12.6 Å². The number of fused-ring (bicyclic) bond motifs is 1. The van der Waals surface area contributed by atoms with Crippen LogP contribution in [0.5, 0.6) is 0 Å². The van der Waals surface area contributed by atoms with E-state index in [0.29, 0.717) is 6.61 Å². The van der Waals surface area contributed by atoms with Gasteiger partial charge in [0.25, 0.3) is 0 Å². The first kappa shape index (κ1) is 14.6. The summed E-state index contributed by atoms with van der Waals surface area (Å²) in [4.78, 5) is 14.5. The zero-order chi connectivity index (χ0) is 15.6. The van der Waals surface area contributed by atoms with E-state index < -0.39 is 0 Å². The van der Waals surface area contributed by atoms with Crippen molar-refractivity contribution in [2.45, 2.75) is 25.0 Å². The molecule has 0 saturated carbocycles. The number of carbonyl (C=O) groups is 1. The van der Waals surface area contributed by atoms with Gasteiger partial charge in [-0.1, -0.05) is 30.3 Å². The smallest absolute Gasteiger partial charge is 0.249 e. The SMILES string of the molecule is O=C(/C=C/c1ccsc1)N1C(Cc2ccccc2)COC2OC21. The molecule has 0 radical (unpaired) electrons. The fourth-order valence-corrected chi connectivity index (χ4v) is 3.51. The number of epoxide rings is 1. The summed E-state index contributed by atoms with van der Waals surface area (Å²) in [5, 5.41) is 4.01. The molecule has 2 aliphatic heterocycles. The van der Waals surface area contributed by atoms with E-state index in [2.05, 4.69) is 12.1 Å². The maximum Gasteiger partial charge on any atom is 0.249 e. The van der Waals surface area contributed by atoms with Crippen molar-refractivity contribution in [3.8, 4) is 0 Å². The Kier molecular flexibility index (Phi) is 3.99. The zero-order valence-electron chi connectivity index (χ0n) is 12.5. The summed E-state index contributed by atoms with van der Waals surface area (Å²) < 4.78 is 11.1. The van der Waals surface area contributed by atoms with E-state index in [1.54, 1.807) is 17.4 Å². The zero-order valence-corrected chi connectivity index (χ0v) is 13.3. The molecule has 1 amide bonds. The van der Waals surface area contributed by atoms with Crippen LogP contribution in [-0.4, -0.2) is 36.0 Å². The molecule has 1 aromatic carbocycles. The summed E-state index contributed by atoms with van der Waals surface area (Å²) in [6, 6.07) is 12.2. The highest BCUT2D eigenvalue weighted by Crippen LogP contribution is 2.34. The van der Waals surface area contributed by atoms with E-state index in [9.17, 15) is 4.79 Å². The second-order valence-corrected chi connectivity index (χ2v) is 6.49. The van der Waals surface area contributed by atoms with Gasteiger partial charge < -0.3 is 14.4 Å². The number of hydrogen-bond donors (Lipinski definition) is 0. The minimum Gasteiger partial charge on any atom is -0.346 e. The van der Waals surface area contributed by atoms with E-state index in [1.165, 1.54) is 5.56 Å². The number of ether oxygens (including phenoxy) is 2. The first-order chi connectivity index (χ1) is 11.3. The lowest BCUT2D eigenvalue weighted by Crippen LogP contribution is -2.49. The molecule has 1 aromatic heterocycles. The minimum absolute atomic E-state index is 0.000717. The summed E-state index contributed by atoms with van der Waals surface area (Å²) >= 11 is 1.62. The van der Waals surface area contributed by atoms with Gasteiger partial charge in [-0.2, -0.15) is 11.3 Å². The molecule has 0 aliphatic carbocycles. The summed E-state index contributed by atoms with van der Waals surface area (Å²) in [5.41, 5.74) is 2.24. The number of rotatable bonds is 4. The molecule has 3 heterocycles. The van der Waals surface area contributed by atoms with Gasteiger partial charge >= 0.3 is 0 Å². The first-order valence-corrected chi connectivity index (χ1v) is 8.59. The van der Waals surface area contributed by atoms with Crippen LogP contribution in [0.25, 0.3) is 6.08 Å². The Labute approximate surface area is 138 Å². The fraction of sp³-hybridized carbons (Fsp3) is 0.278. The third kappa shape index (κ3) is 3.22. The standard InChI is InChI=1S/C18H17NO3S/c20-16(7-6-14-8-9-23-12-14)19-15(11-21-18-17(19)22-18)10-13-4-2-1-3-5-13/h1-9,12,15,17-18H,10-11H2/b7-6+. The Hall–Kier alpha value is -1.95. The van der Waals surface area contributed by atoms with Crippen LogP contribution in [0.4, 0.5) is 0 Å². The van der Waals surface area contributed by atoms with Gasteiger partial charge in [-0.15, -0.1) is 0 Å². The number of amides is 1. The van der Waals surface area contributed by atoms with Gasteiger partial charge in [0, 0.05) is 6.08 Å². The Morgan fingerprint density at radius 1 is 1.30 bits per heavy atom. The van der Waals surface area contributed by atoms with Crippen molar-refractivity contribution < 1.29 is 14.3 Å². The summed E-state index contributed by atoms with van der Waals surface area (Å²) in [5.74, 6) is -0.0204. The number of hydrogen-bond acceptors (Lipinski definition) is 4. The summed E-state index contributed by atoms with van der Waals surface area (Å²) in [6.45, 7) is 0.508. The number of benzene rings is 1. The van der Waals surface area contributed by atoms with Crippen molar-refractivity contribution in [3.63, 3.8) is 0 Å². The molecule has 0 bridgehead atoms. The fourth-order valence-electron chi connectivity index (χ4n) is 2.88. The summed E-state index contributed by atoms with van der Waals surface area (Å²) in [7, 11) is 0. The van der Waals surface area contributed by atoms with Crippen LogP contribution in [0.3, 0.4) is 0 Å². The molecule has 118 valence electrons. The number of morpholine rings is 1. The number of carbonyl (C=O) groups excluding carboxylic acids is 1. The maximum absolute atomic E-state index is 12.6. The van der Waals surface area contributed by atoms with E-state index in [4.69, 9.17) is 9.47 Å². The van der Waals surface area contributed by atoms with Crippen molar-refractivity contribution in [1.82, 2.24) is 4.90 Å². The second kappa shape index (κ2) is 6.28. The highest BCUT2D eigenvalue weighted by molar-refractivity contribution is 7.08. The van der Waals surface area contributed by atoms with Gasteiger partial charge in [0.2, 0.25) is 12.2 Å². The molecule has 3 atom stereocenters. The van der Waals surface area contributed by atoms with Gasteiger partial charge in [-0.25, -0.2) is 0 Å². The Balaban J connectivity index is 1.50. The molecule has 2 saturated heterocycles. The van der Waals surface area contributed by atoms with Crippen LogP contribution in [0, 0.1) is 0 Å². The first-order valence-electron chi connectivity index (χ1n) is 7.65. The third-order valence-electron chi connectivity index (χ3n) is 4.08. The molecule has 3 unspecified atom stereocenters. The van der Waals surface area contributed by atoms with E-state index in [1.807, 2.05) is 46.0 Å². The van der Waals surface area contributed by atoms with E-state index >= 15 is 0 Å². The van der Waals surface area contributed by atoms with Gasteiger partial charge in [-0.05, 0) is 40.5 Å². The average molecular weight is 327 g/mol. The molecule has 2 aromatic rings. The normalized spacial score (nSPS) is 26.3. The highest BCUT2D eigenvalue weighted by atomic mass is 32.1. The number of nitrogens with zero attached hydrogens (tertiary/aromatic N) is 1. The molecule has 0 spiro atoms. The third-order valence-corrected chi connectivity index (χ3v) is 4.78. The van der Waals surface area contributed by atoms with Crippen molar-refractivity contribution in [1.29, 1.82) is 0 Å². The van der Waals surface area contributed by atoms with Gasteiger partial charge in [0.15, 0.2) is 6.23 Å². The van der Waals surface area contributed by atoms with Gasteiger partial charge in [-0.3, -0.25) is 4.79 Å².